The van der Waals surface area contributed by atoms with Gasteiger partial charge in [-0.15, -0.1) is 0 Å². The normalized spacial score (nSPS) is 12.2. The van der Waals surface area contributed by atoms with Gasteiger partial charge in [-0.1, -0.05) is 30.1 Å². The number of benzene rings is 1. The number of aryl methyl sites for hydroxylation is 1. The van der Waals surface area contributed by atoms with Crippen molar-refractivity contribution in [3.63, 3.8) is 0 Å². The predicted molar refractivity (Wildman–Crippen MR) is 86.9 cm³/mol. The molecule has 1 atom stereocenters. The van der Waals surface area contributed by atoms with Crippen LogP contribution in [0.4, 0.5) is 0 Å². The van der Waals surface area contributed by atoms with Gasteiger partial charge in [-0.2, -0.15) is 5.10 Å². The zero-order valence-corrected chi connectivity index (χ0v) is 13.8. The number of nitrogens with zero attached hydrogens (tertiary/aromatic N) is 2. The van der Waals surface area contributed by atoms with Gasteiger partial charge < -0.3 is 10.4 Å². The number of carbonyl (C=O) groups is 1. The maximum atomic E-state index is 12.1. The van der Waals surface area contributed by atoms with E-state index >= 15 is 0 Å². The smallest absolute Gasteiger partial charge is 0.271 e. The van der Waals surface area contributed by atoms with E-state index in [0.29, 0.717) is 28.0 Å². The van der Waals surface area contributed by atoms with Gasteiger partial charge >= 0.3 is 0 Å². The Morgan fingerprint density at radius 3 is 2.77 bits per heavy atom. The lowest BCUT2D eigenvalue weighted by Gasteiger charge is -2.08. The Morgan fingerprint density at radius 1 is 1.41 bits per heavy atom. The monoisotopic (exact) mass is 341 g/mol. The first-order chi connectivity index (χ1) is 10.4. The fourth-order valence-corrected chi connectivity index (χ4v) is 2.39. The third-order valence-corrected chi connectivity index (χ3v) is 3.72. The Balaban J connectivity index is 2.22. The van der Waals surface area contributed by atoms with E-state index in [0.717, 1.165) is 5.69 Å². The molecule has 0 fully saturated rings. The summed E-state index contributed by atoms with van der Waals surface area (Å²) in [4.78, 5) is 12.1. The number of hydrogen-bond acceptors (Lipinski definition) is 3. The summed E-state index contributed by atoms with van der Waals surface area (Å²) in [6.45, 7) is 4.10. The van der Waals surface area contributed by atoms with E-state index in [4.69, 9.17) is 28.3 Å². The van der Waals surface area contributed by atoms with Gasteiger partial charge in [-0.25, -0.2) is 4.68 Å². The lowest BCUT2D eigenvalue weighted by molar-refractivity contribution is 0.0937. The Kier molecular flexibility index (Phi) is 5.45. The SMILES string of the molecule is Cc1cc(C(=O)NCC(C)CO)nn1-c1ccc(Cl)cc1Cl. The Morgan fingerprint density at radius 2 is 2.14 bits per heavy atom. The van der Waals surface area contributed by atoms with E-state index in [1.807, 2.05) is 13.8 Å². The number of nitrogens with one attached hydrogen (secondary N) is 1. The molecule has 1 unspecified atom stereocenters. The molecule has 2 aromatic rings. The maximum Gasteiger partial charge on any atom is 0.271 e. The molecule has 0 spiro atoms. The number of halogens is 2. The van der Waals surface area contributed by atoms with E-state index in [1.165, 1.54) is 0 Å². The molecule has 2 rings (SSSR count). The van der Waals surface area contributed by atoms with Crippen molar-refractivity contribution >= 4 is 29.1 Å². The van der Waals surface area contributed by atoms with Crippen LogP contribution in [0.5, 0.6) is 0 Å². The number of amides is 1. The molecule has 5 nitrogen and oxygen atoms in total. The second-order valence-corrected chi connectivity index (χ2v) is 6.02. The summed E-state index contributed by atoms with van der Waals surface area (Å²) in [5, 5.41) is 17.0. The average Bonchev–Trinajstić information content (AvgIpc) is 2.86. The van der Waals surface area contributed by atoms with E-state index in [9.17, 15) is 4.79 Å². The molecule has 118 valence electrons. The molecule has 0 bridgehead atoms. The molecule has 7 heteroatoms. The highest BCUT2D eigenvalue weighted by Gasteiger charge is 2.15. The Labute approximate surface area is 138 Å². The zero-order chi connectivity index (χ0) is 16.3. The van der Waals surface area contributed by atoms with Crippen molar-refractivity contribution in [3.05, 3.63) is 45.7 Å². The maximum absolute atomic E-state index is 12.1. The first-order valence-electron chi connectivity index (χ1n) is 6.83. The number of rotatable bonds is 5. The van der Waals surface area contributed by atoms with Gasteiger partial charge in [0.05, 0.1) is 10.7 Å². The van der Waals surface area contributed by atoms with E-state index in [2.05, 4.69) is 10.4 Å². The molecule has 1 heterocycles. The van der Waals surface area contributed by atoms with E-state index < -0.39 is 0 Å². The fourth-order valence-electron chi connectivity index (χ4n) is 1.90. The van der Waals surface area contributed by atoms with Crippen LogP contribution in [0.3, 0.4) is 0 Å². The lowest BCUT2D eigenvalue weighted by Crippen LogP contribution is -2.29. The van der Waals surface area contributed by atoms with Crippen LogP contribution in [0.1, 0.15) is 23.1 Å². The lowest BCUT2D eigenvalue weighted by atomic mass is 10.2. The minimum atomic E-state index is -0.285. The van der Waals surface area contributed by atoms with Crippen molar-refractivity contribution in [2.75, 3.05) is 13.2 Å². The van der Waals surface area contributed by atoms with Crippen molar-refractivity contribution in [1.29, 1.82) is 0 Å². The van der Waals surface area contributed by atoms with Crippen LogP contribution in [0.15, 0.2) is 24.3 Å². The molecule has 1 aromatic carbocycles. The number of aliphatic hydroxyl groups excluding tert-OH is 1. The number of hydrogen-bond donors (Lipinski definition) is 2. The van der Waals surface area contributed by atoms with Gasteiger partial charge in [0.15, 0.2) is 5.69 Å². The van der Waals surface area contributed by atoms with Gasteiger partial charge in [0, 0.05) is 23.9 Å². The number of carbonyl (C=O) groups excluding carboxylic acids is 1. The molecule has 2 N–H and O–H groups in total. The molecule has 22 heavy (non-hydrogen) atoms. The Hall–Kier alpha value is -1.56. The molecule has 1 amide bonds. The molecular formula is C15H17Cl2N3O2. The third kappa shape index (κ3) is 3.80. The highest BCUT2D eigenvalue weighted by atomic mass is 35.5. The van der Waals surface area contributed by atoms with Crippen molar-refractivity contribution in [2.45, 2.75) is 13.8 Å². The van der Waals surface area contributed by atoms with Crippen LogP contribution in [0.25, 0.3) is 5.69 Å². The van der Waals surface area contributed by atoms with Crippen LogP contribution >= 0.6 is 23.2 Å². The molecule has 0 aliphatic heterocycles. The van der Waals surface area contributed by atoms with Crippen LogP contribution < -0.4 is 5.32 Å². The van der Waals surface area contributed by atoms with Crippen molar-refractivity contribution in [1.82, 2.24) is 15.1 Å². The van der Waals surface area contributed by atoms with Gasteiger partial charge in [-0.3, -0.25) is 4.79 Å². The van der Waals surface area contributed by atoms with Crippen LogP contribution in [-0.4, -0.2) is 33.9 Å². The second kappa shape index (κ2) is 7.13. The molecule has 0 saturated heterocycles. The van der Waals surface area contributed by atoms with E-state index in [-0.39, 0.29) is 18.4 Å². The quantitative estimate of drug-likeness (QED) is 0.878. The largest absolute Gasteiger partial charge is 0.396 e. The summed E-state index contributed by atoms with van der Waals surface area (Å²) in [5.74, 6) is -0.287. The van der Waals surface area contributed by atoms with Crippen LogP contribution in [-0.2, 0) is 0 Å². The first-order valence-corrected chi connectivity index (χ1v) is 7.59. The summed E-state index contributed by atoms with van der Waals surface area (Å²) in [6, 6.07) is 6.78. The summed E-state index contributed by atoms with van der Waals surface area (Å²) in [7, 11) is 0. The summed E-state index contributed by atoms with van der Waals surface area (Å²) in [6.07, 6.45) is 0. The highest BCUT2D eigenvalue weighted by Crippen LogP contribution is 2.25. The van der Waals surface area contributed by atoms with Gasteiger partial charge in [-0.05, 0) is 37.1 Å². The summed E-state index contributed by atoms with van der Waals surface area (Å²) >= 11 is 12.1. The van der Waals surface area contributed by atoms with E-state index in [1.54, 1.807) is 28.9 Å². The molecular weight excluding hydrogens is 325 g/mol. The van der Waals surface area contributed by atoms with Gasteiger partial charge in [0.1, 0.15) is 0 Å². The van der Waals surface area contributed by atoms with Crippen molar-refractivity contribution in [2.24, 2.45) is 5.92 Å². The second-order valence-electron chi connectivity index (χ2n) is 5.18. The minimum absolute atomic E-state index is 0.00200. The predicted octanol–water partition coefficient (Wildman–Crippen LogP) is 2.85. The van der Waals surface area contributed by atoms with Crippen molar-refractivity contribution in [3.8, 4) is 5.69 Å². The van der Waals surface area contributed by atoms with Gasteiger partial charge in [0.2, 0.25) is 0 Å². The average molecular weight is 342 g/mol. The molecule has 1 aromatic heterocycles. The van der Waals surface area contributed by atoms with Crippen LogP contribution in [0, 0.1) is 12.8 Å². The standard InChI is InChI=1S/C15H17Cl2N3O2/c1-9(8-21)7-18-15(22)13-5-10(2)20(19-13)14-4-3-11(16)6-12(14)17/h3-6,9,21H,7-8H2,1-2H3,(H,18,22). The molecule has 0 radical (unpaired) electrons. The van der Waals surface area contributed by atoms with Crippen LogP contribution in [0.2, 0.25) is 10.0 Å². The first kappa shape index (κ1) is 16.8. The van der Waals surface area contributed by atoms with Gasteiger partial charge in [0.25, 0.3) is 5.91 Å². The topological polar surface area (TPSA) is 67.2 Å². The fraction of sp³-hybridized carbons (Fsp3) is 0.333. The highest BCUT2D eigenvalue weighted by molar-refractivity contribution is 6.35. The minimum Gasteiger partial charge on any atom is -0.396 e. The van der Waals surface area contributed by atoms with Crippen molar-refractivity contribution < 1.29 is 9.90 Å². The summed E-state index contributed by atoms with van der Waals surface area (Å²) in [5.41, 5.74) is 1.74. The number of aliphatic hydroxyl groups is 1. The molecule has 0 saturated carbocycles. The number of aromatic nitrogens is 2. The summed E-state index contributed by atoms with van der Waals surface area (Å²) < 4.78 is 1.60. The molecule has 0 aliphatic rings. The molecule has 0 aliphatic carbocycles. The zero-order valence-electron chi connectivity index (χ0n) is 12.3. The Bertz CT molecular complexity index is 685. The third-order valence-electron chi connectivity index (χ3n) is 3.18.